The van der Waals surface area contributed by atoms with Crippen molar-refractivity contribution < 1.29 is 0 Å². The number of rotatable bonds is 3. The Kier molecular flexibility index (Phi) is 2.61. The van der Waals surface area contributed by atoms with Crippen molar-refractivity contribution in [2.75, 3.05) is 11.2 Å². The normalized spacial score (nSPS) is 10.7. The fourth-order valence-electron chi connectivity index (χ4n) is 1.95. The molecule has 0 atom stereocenters. The van der Waals surface area contributed by atoms with E-state index in [9.17, 15) is 0 Å². The summed E-state index contributed by atoms with van der Waals surface area (Å²) in [6, 6.07) is 18.0. The molecule has 18 heavy (non-hydrogen) atoms. The Hall–Kier alpha value is -2.49. The van der Waals surface area contributed by atoms with Crippen molar-refractivity contribution in [3.63, 3.8) is 0 Å². The van der Waals surface area contributed by atoms with Crippen LogP contribution < -0.4 is 11.2 Å². The van der Waals surface area contributed by atoms with Gasteiger partial charge in [-0.2, -0.15) is 0 Å². The van der Waals surface area contributed by atoms with Gasteiger partial charge in [0.25, 0.3) is 0 Å². The number of nitrogens with one attached hydrogen (secondary N) is 1. The Morgan fingerprint density at radius 2 is 1.72 bits per heavy atom. The molecular formula is C14H14N4. The standard InChI is InChI=1S/C14H14N4/c15-18-13-9-5-4-8-12(13)17-14(18)16-10-11-6-2-1-3-7-11/h1-9H,10,15H2,(H,16,17). The summed E-state index contributed by atoms with van der Waals surface area (Å²) in [7, 11) is 0. The van der Waals surface area contributed by atoms with Crippen LogP contribution in [0.3, 0.4) is 0 Å². The zero-order valence-corrected chi connectivity index (χ0v) is 9.88. The van der Waals surface area contributed by atoms with E-state index in [1.54, 1.807) is 4.68 Å². The molecule has 1 heterocycles. The molecule has 4 heteroatoms. The second kappa shape index (κ2) is 4.41. The maximum atomic E-state index is 5.99. The Labute approximate surface area is 105 Å². The maximum absolute atomic E-state index is 5.99. The van der Waals surface area contributed by atoms with Crippen LogP contribution in [-0.4, -0.2) is 9.66 Å². The Morgan fingerprint density at radius 1 is 1.00 bits per heavy atom. The molecule has 0 saturated carbocycles. The van der Waals surface area contributed by atoms with E-state index in [-0.39, 0.29) is 0 Å². The van der Waals surface area contributed by atoms with E-state index in [0.717, 1.165) is 11.0 Å². The molecule has 3 rings (SSSR count). The first-order valence-corrected chi connectivity index (χ1v) is 5.85. The van der Waals surface area contributed by atoms with Gasteiger partial charge in [-0.1, -0.05) is 42.5 Å². The molecule has 0 unspecified atom stereocenters. The summed E-state index contributed by atoms with van der Waals surface area (Å²) < 4.78 is 1.58. The van der Waals surface area contributed by atoms with Gasteiger partial charge in [0.05, 0.1) is 11.0 Å². The molecule has 0 bridgehead atoms. The average Bonchev–Trinajstić information content (AvgIpc) is 2.75. The summed E-state index contributed by atoms with van der Waals surface area (Å²) in [5, 5.41) is 3.25. The van der Waals surface area contributed by atoms with Gasteiger partial charge in [-0.25, -0.2) is 9.66 Å². The highest BCUT2D eigenvalue weighted by Crippen LogP contribution is 2.16. The van der Waals surface area contributed by atoms with Crippen molar-refractivity contribution in [2.24, 2.45) is 0 Å². The number of nitrogens with zero attached hydrogens (tertiary/aromatic N) is 2. The Balaban J connectivity index is 1.85. The first-order chi connectivity index (χ1) is 8.84. The minimum atomic E-state index is 0.681. The van der Waals surface area contributed by atoms with Crippen molar-refractivity contribution in [3.8, 4) is 0 Å². The molecule has 0 fully saturated rings. The van der Waals surface area contributed by atoms with Crippen molar-refractivity contribution in [3.05, 3.63) is 60.2 Å². The van der Waals surface area contributed by atoms with E-state index < -0.39 is 0 Å². The number of fused-ring (bicyclic) bond motifs is 1. The fourth-order valence-corrected chi connectivity index (χ4v) is 1.95. The summed E-state index contributed by atoms with van der Waals surface area (Å²) in [5.41, 5.74) is 3.02. The van der Waals surface area contributed by atoms with Crippen LogP contribution in [0.5, 0.6) is 0 Å². The van der Waals surface area contributed by atoms with Crippen LogP contribution in [0.15, 0.2) is 54.6 Å². The van der Waals surface area contributed by atoms with Gasteiger partial charge in [-0.15, -0.1) is 0 Å². The summed E-state index contributed by atoms with van der Waals surface area (Å²) >= 11 is 0. The van der Waals surface area contributed by atoms with Crippen LogP contribution in [0.1, 0.15) is 5.56 Å². The first-order valence-electron chi connectivity index (χ1n) is 5.85. The number of hydrogen-bond acceptors (Lipinski definition) is 3. The molecule has 2 aromatic carbocycles. The lowest BCUT2D eigenvalue weighted by Gasteiger charge is -2.05. The van der Waals surface area contributed by atoms with Gasteiger partial charge in [0, 0.05) is 6.54 Å². The van der Waals surface area contributed by atoms with E-state index in [4.69, 9.17) is 5.84 Å². The molecule has 0 aliphatic heterocycles. The van der Waals surface area contributed by atoms with Crippen molar-refractivity contribution in [1.29, 1.82) is 0 Å². The first kappa shape index (κ1) is 10.7. The lowest BCUT2D eigenvalue weighted by Crippen LogP contribution is -2.13. The molecule has 4 nitrogen and oxygen atoms in total. The molecule has 3 N–H and O–H groups in total. The van der Waals surface area contributed by atoms with Crippen LogP contribution in [0.25, 0.3) is 11.0 Å². The minimum Gasteiger partial charge on any atom is -0.350 e. The predicted octanol–water partition coefficient (Wildman–Crippen LogP) is 2.36. The number of benzene rings is 2. The third kappa shape index (κ3) is 1.88. The third-order valence-electron chi connectivity index (χ3n) is 2.89. The highest BCUT2D eigenvalue weighted by molar-refractivity contribution is 5.78. The maximum Gasteiger partial charge on any atom is 0.223 e. The summed E-state index contributed by atoms with van der Waals surface area (Å²) in [5.74, 6) is 6.68. The highest BCUT2D eigenvalue weighted by atomic mass is 15.4. The third-order valence-corrected chi connectivity index (χ3v) is 2.89. The van der Waals surface area contributed by atoms with E-state index in [2.05, 4.69) is 22.4 Å². The second-order valence-electron chi connectivity index (χ2n) is 4.13. The molecule has 0 amide bonds. The van der Waals surface area contributed by atoms with Gasteiger partial charge in [-0.05, 0) is 17.7 Å². The van der Waals surface area contributed by atoms with Gasteiger partial charge < -0.3 is 11.2 Å². The van der Waals surface area contributed by atoms with E-state index in [0.29, 0.717) is 12.5 Å². The Bertz CT molecular complexity index is 658. The second-order valence-corrected chi connectivity index (χ2v) is 4.13. The number of nitrogen functional groups attached to an aromatic ring is 1. The molecular weight excluding hydrogens is 224 g/mol. The number of hydrogen-bond donors (Lipinski definition) is 2. The predicted molar refractivity (Wildman–Crippen MR) is 73.7 cm³/mol. The van der Waals surface area contributed by atoms with Crippen molar-refractivity contribution in [2.45, 2.75) is 6.54 Å². The Morgan fingerprint density at radius 3 is 2.50 bits per heavy atom. The number of para-hydroxylation sites is 2. The van der Waals surface area contributed by atoms with Gasteiger partial charge in [0.15, 0.2) is 0 Å². The molecule has 0 saturated heterocycles. The number of anilines is 1. The van der Waals surface area contributed by atoms with Crippen LogP contribution in [0, 0.1) is 0 Å². The smallest absolute Gasteiger partial charge is 0.223 e. The molecule has 90 valence electrons. The van der Waals surface area contributed by atoms with Crippen LogP contribution in [0.2, 0.25) is 0 Å². The summed E-state index contributed by atoms with van der Waals surface area (Å²) in [4.78, 5) is 4.45. The largest absolute Gasteiger partial charge is 0.350 e. The molecule has 0 spiro atoms. The van der Waals surface area contributed by atoms with Gasteiger partial charge in [-0.3, -0.25) is 0 Å². The van der Waals surface area contributed by atoms with Crippen LogP contribution in [0.4, 0.5) is 5.95 Å². The highest BCUT2D eigenvalue weighted by Gasteiger charge is 2.06. The molecule has 0 aliphatic rings. The summed E-state index contributed by atoms with van der Waals surface area (Å²) in [6.07, 6.45) is 0. The number of imidazole rings is 1. The van der Waals surface area contributed by atoms with E-state index >= 15 is 0 Å². The SMILES string of the molecule is Nn1c(NCc2ccccc2)nc2ccccc21. The van der Waals surface area contributed by atoms with E-state index in [1.807, 2.05) is 42.5 Å². The monoisotopic (exact) mass is 238 g/mol. The molecule has 0 aliphatic carbocycles. The molecule has 1 aromatic heterocycles. The quantitative estimate of drug-likeness (QED) is 0.689. The topological polar surface area (TPSA) is 55.9 Å². The fraction of sp³-hybridized carbons (Fsp3) is 0.0714. The van der Waals surface area contributed by atoms with Crippen molar-refractivity contribution >= 4 is 17.0 Å². The lowest BCUT2D eigenvalue weighted by molar-refractivity contribution is 0.990. The van der Waals surface area contributed by atoms with E-state index in [1.165, 1.54) is 5.56 Å². The number of aromatic nitrogens is 2. The van der Waals surface area contributed by atoms with Gasteiger partial charge in [0.2, 0.25) is 5.95 Å². The van der Waals surface area contributed by atoms with Gasteiger partial charge in [0.1, 0.15) is 0 Å². The van der Waals surface area contributed by atoms with Crippen LogP contribution in [-0.2, 0) is 6.54 Å². The molecule has 0 radical (unpaired) electrons. The lowest BCUT2D eigenvalue weighted by atomic mass is 10.2. The van der Waals surface area contributed by atoms with Gasteiger partial charge >= 0.3 is 0 Å². The van der Waals surface area contributed by atoms with Crippen molar-refractivity contribution in [1.82, 2.24) is 9.66 Å². The zero-order valence-electron chi connectivity index (χ0n) is 9.88. The number of nitrogens with two attached hydrogens (primary N) is 1. The average molecular weight is 238 g/mol. The zero-order chi connectivity index (χ0) is 12.4. The minimum absolute atomic E-state index is 0.681. The summed E-state index contributed by atoms with van der Waals surface area (Å²) in [6.45, 7) is 0.710. The molecule has 3 aromatic rings. The van der Waals surface area contributed by atoms with Crippen LogP contribution >= 0.6 is 0 Å².